The first-order chi connectivity index (χ1) is 13.0. The second-order valence-corrected chi connectivity index (χ2v) is 8.08. The molecule has 2 aliphatic rings. The Balaban J connectivity index is 1.60. The van der Waals surface area contributed by atoms with Crippen LogP contribution in [-0.2, 0) is 4.79 Å². The number of rotatable bonds is 9. The van der Waals surface area contributed by atoms with Crippen LogP contribution in [0.1, 0.15) is 38.2 Å². The van der Waals surface area contributed by atoms with Crippen LogP contribution in [0.3, 0.4) is 0 Å². The number of para-hydroxylation sites is 1. The van der Waals surface area contributed by atoms with E-state index in [4.69, 9.17) is 9.84 Å². The lowest BCUT2D eigenvalue weighted by Gasteiger charge is -2.42. The van der Waals surface area contributed by atoms with Gasteiger partial charge in [0.05, 0.1) is 18.6 Å². The van der Waals surface area contributed by atoms with Crippen molar-refractivity contribution in [1.82, 2.24) is 10.2 Å². The molecule has 0 amide bonds. The molecule has 6 heteroatoms. The summed E-state index contributed by atoms with van der Waals surface area (Å²) in [5.41, 5.74) is 0.584. The fraction of sp³-hybridized carbons (Fsp3) is 0.619. The molecule has 0 unspecified atom stereocenters. The van der Waals surface area contributed by atoms with E-state index in [0.717, 1.165) is 38.4 Å². The van der Waals surface area contributed by atoms with Crippen LogP contribution in [0.5, 0.6) is 5.75 Å². The van der Waals surface area contributed by atoms with Crippen LogP contribution in [0.25, 0.3) is 0 Å². The number of carboxylic acid groups (broad SMARTS) is 1. The lowest BCUT2D eigenvalue weighted by atomic mass is 9.78. The maximum Gasteiger partial charge on any atom is 0.304 e. The zero-order valence-electron chi connectivity index (χ0n) is 16.0. The summed E-state index contributed by atoms with van der Waals surface area (Å²) in [7, 11) is 0. The molecular weight excluding hydrogens is 342 g/mol. The number of nitrogens with one attached hydrogen (secondary N) is 1. The van der Waals surface area contributed by atoms with Crippen LogP contribution in [0, 0.1) is 22.7 Å². The van der Waals surface area contributed by atoms with Gasteiger partial charge < -0.3 is 20.1 Å². The van der Waals surface area contributed by atoms with Gasteiger partial charge in [0.2, 0.25) is 0 Å². The molecule has 6 nitrogen and oxygen atoms in total. The number of hydrogen-bond acceptors (Lipinski definition) is 5. The van der Waals surface area contributed by atoms with Gasteiger partial charge in [-0.15, -0.1) is 0 Å². The Morgan fingerprint density at radius 3 is 2.74 bits per heavy atom. The van der Waals surface area contributed by atoms with Crippen LogP contribution >= 0.6 is 0 Å². The third-order valence-corrected chi connectivity index (χ3v) is 5.95. The van der Waals surface area contributed by atoms with Crippen molar-refractivity contribution >= 4 is 5.97 Å². The van der Waals surface area contributed by atoms with Crippen molar-refractivity contribution < 1.29 is 14.6 Å². The SMILES string of the molecule is C[C@@H]1C[C@H]1NCC1(COc2ccccc2C#N)CCN(CCC(=O)O)CC1. The van der Waals surface area contributed by atoms with Crippen LogP contribution in [0.15, 0.2) is 24.3 Å². The topological polar surface area (TPSA) is 85.6 Å². The van der Waals surface area contributed by atoms with Gasteiger partial charge >= 0.3 is 5.97 Å². The highest BCUT2D eigenvalue weighted by Crippen LogP contribution is 2.35. The largest absolute Gasteiger partial charge is 0.492 e. The van der Waals surface area contributed by atoms with Gasteiger partial charge in [-0.25, -0.2) is 0 Å². The molecule has 1 aromatic carbocycles. The highest BCUT2D eigenvalue weighted by molar-refractivity contribution is 5.66. The van der Waals surface area contributed by atoms with Crippen molar-refractivity contribution in [3.8, 4) is 11.8 Å². The summed E-state index contributed by atoms with van der Waals surface area (Å²) in [4.78, 5) is 13.1. The molecule has 0 radical (unpaired) electrons. The van der Waals surface area contributed by atoms with Crippen molar-refractivity contribution in [1.29, 1.82) is 5.26 Å². The van der Waals surface area contributed by atoms with Gasteiger partial charge in [-0.3, -0.25) is 4.79 Å². The first kappa shape index (κ1) is 19.7. The number of hydrogen-bond donors (Lipinski definition) is 2. The molecule has 146 valence electrons. The molecule has 1 aliphatic carbocycles. The third kappa shape index (κ3) is 5.44. The molecule has 0 spiro atoms. The Morgan fingerprint density at radius 1 is 1.41 bits per heavy atom. The van der Waals surface area contributed by atoms with E-state index in [2.05, 4.69) is 23.2 Å². The van der Waals surface area contributed by atoms with Gasteiger partial charge in [0.25, 0.3) is 0 Å². The first-order valence-corrected chi connectivity index (χ1v) is 9.81. The van der Waals surface area contributed by atoms with Gasteiger partial charge in [0.15, 0.2) is 0 Å². The number of ether oxygens (including phenoxy) is 1. The predicted octanol–water partition coefficient (Wildman–Crippen LogP) is 2.49. The van der Waals surface area contributed by atoms with Gasteiger partial charge in [-0.1, -0.05) is 19.1 Å². The molecule has 0 aromatic heterocycles. The van der Waals surface area contributed by atoms with Crippen molar-refractivity contribution in [2.24, 2.45) is 11.3 Å². The van der Waals surface area contributed by atoms with Crippen molar-refractivity contribution in [3.05, 3.63) is 29.8 Å². The maximum absolute atomic E-state index is 10.8. The molecule has 1 saturated carbocycles. The lowest BCUT2D eigenvalue weighted by molar-refractivity contribution is -0.137. The Hall–Kier alpha value is -2.10. The second-order valence-electron chi connectivity index (χ2n) is 8.08. The molecule has 3 rings (SSSR count). The quantitative estimate of drug-likeness (QED) is 0.694. The van der Waals surface area contributed by atoms with E-state index in [1.807, 2.05) is 18.2 Å². The minimum absolute atomic E-state index is 0.0185. The fourth-order valence-corrected chi connectivity index (χ4v) is 3.75. The summed E-state index contributed by atoms with van der Waals surface area (Å²) in [6.07, 6.45) is 3.36. The van der Waals surface area contributed by atoms with Gasteiger partial charge in [0.1, 0.15) is 11.8 Å². The second kappa shape index (κ2) is 8.73. The number of nitriles is 1. The van der Waals surface area contributed by atoms with E-state index in [0.29, 0.717) is 30.5 Å². The number of likely N-dealkylation sites (tertiary alicyclic amines) is 1. The van der Waals surface area contributed by atoms with E-state index < -0.39 is 5.97 Å². The molecule has 1 aromatic rings. The van der Waals surface area contributed by atoms with Gasteiger partial charge in [-0.05, 0) is 50.4 Å². The Kier molecular flexibility index (Phi) is 6.35. The average molecular weight is 371 g/mol. The average Bonchev–Trinajstić information content (AvgIpc) is 3.40. The Morgan fingerprint density at radius 2 is 2.11 bits per heavy atom. The highest BCUT2D eigenvalue weighted by Gasteiger charge is 2.39. The van der Waals surface area contributed by atoms with E-state index in [1.54, 1.807) is 6.07 Å². The normalized spacial score (nSPS) is 24.1. The van der Waals surface area contributed by atoms with E-state index >= 15 is 0 Å². The molecule has 27 heavy (non-hydrogen) atoms. The minimum Gasteiger partial charge on any atom is -0.492 e. The van der Waals surface area contributed by atoms with Crippen molar-refractivity contribution in [2.75, 3.05) is 32.8 Å². The smallest absolute Gasteiger partial charge is 0.304 e. The molecule has 2 atom stereocenters. The standard InChI is InChI=1S/C21H29N3O3/c1-16-12-18(16)23-14-21(7-10-24(11-8-21)9-6-20(25)26)15-27-19-5-3-2-4-17(19)13-22/h2-5,16,18,23H,6-12,14-15H2,1H3,(H,25,26)/t16-,18-/m1/s1. The molecule has 1 aliphatic heterocycles. The van der Waals surface area contributed by atoms with E-state index in [9.17, 15) is 10.1 Å². The van der Waals surface area contributed by atoms with Crippen molar-refractivity contribution in [2.45, 2.75) is 38.6 Å². The Labute approximate surface area is 161 Å². The molecule has 0 bridgehead atoms. The number of carboxylic acids is 1. The zero-order chi connectivity index (χ0) is 19.3. The van der Waals surface area contributed by atoms with Crippen LogP contribution in [0.4, 0.5) is 0 Å². The number of aliphatic carboxylic acids is 1. The Bertz CT molecular complexity index is 692. The lowest BCUT2D eigenvalue weighted by Crippen LogP contribution is -2.49. The van der Waals surface area contributed by atoms with E-state index in [1.165, 1.54) is 6.42 Å². The molecule has 1 saturated heterocycles. The third-order valence-electron chi connectivity index (χ3n) is 5.95. The summed E-state index contributed by atoms with van der Waals surface area (Å²) in [6.45, 7) is 6.13. The highest BCUT2D eigenvalue weighted by atomic mass is 16.5. The number of nitrogens with zero attached hydrogens (tertiary/aromatic N) is 2. The van der Waals surface area contributed by atoms with E-state index in [-0.39, 0.29) is 11.8 Å². The zero-order valence-corrected chi connectivity index (χ0v) is 16.0. The molecule has 2 fully saturated rings. The molecule has 2 N–H and O–H groups in total. The number of carbonyl (C=O) groups is 1. The number of piperidine rings is 1. The molecular formula is C21H29N3O3. The minimum atomic E-state index is -0.743. The van der Waals surface area contributed by atoms with Gasteiger partial charge in [-0.2, -0.15) is 5.26 Å². The predicted molar refractivity (Wildman–Crippen MR) is 103 cm³/mol. The fourth-order valence-electron chi connectivity index (χ4n) is 3.75. The molecule has 1 heterocycles. The summed E-state index contributed by atoms with van der Waals surface area (Å²) >= 11 is 0. The monoisotopic (exact) mass is 371 g/mol. The first-order valence-electron chi connectivity index (χ1n) is 9.81. The summed E-state index contributed by atoms with van der Waals surface area (Å²) in [5, 5.41) is 21.9. The van der Waals surface area contributed by atoms with Crippen LogP contribution in [0.2, 0.25) is 0 Å². The van der Waals surface area contributed by atoms with Crippen molar-refractivity contribution in [3.63, 3.8) is 0 Å². The summed E-state index contributed by atoms with van der Waals surface area (Å²) < 4.78 is 6.11. The summed E-state index contributed by atoms with van der Waals surface area (Å²) in [6, 6.07) is 10.2. The summed E-state index contributed by atoms with van der Waals surface area (Å²) in [5.74, 6) is 0.651. The number of benzene rings is 1. The van der Waals surface area contributed by atoms with Crippen LogP contribution < -0.4 is 10.1 Å². The van der Waals surface area contributed by atoms with Gasteiger partial charge in [0, 0.05) is 24.5 Å². The van der Waals surface area contributed by atoms with Crippen LogP contribution in [-0.4, -0.2) is 54.8 Å². The maximum atomic E-state index is 10.8.